The molecule has 0 fully saturated rings. The lowest BCUT2D eigenvalue weighted by Gasteiger charge is -2.12. The van der Waals surface area contributed by atoms with Crippen molar-refractivity contribution in [3.05, 3.63) is 59.2 Å². The minimum Gasteiger partial charge on any atom is -0.496 e. The maximum absolute atomic E-state index is 11.0. The van der Waals surface area contributed by atoms with E-state index in [0.717, 1.165) is 0 Å². The quantitative estimate of drug-likeness (QED) is 0.827. The van der Waals surface area contributed by atoms with Gasteiger partial charge in [0.2, 0.25) is 0 Å². The van der Waals surface area contributed by atoms with E-state index in [1.54, 1.807) is 30.3 Å². The van der Waals surface area contributed by atoms with Crippen molar-refractivity contribution in [2.24, 2.45) is 0 Å². The van der Waals surface area contributed by atoms with Crippen LogP contribution in [0.1, 0.15) is 26.3 Å². The molecule has 21 heavy (non-hydrogen) atoms. The van der Waals surface area contributed by atoms with E-state index in [1.165, 1.54) is 19.2 Å². The van der Waals surface area contributed by atoms with Gasteiger partial charge in [0.25, 0.3) is 0 Å². The van der Waals surface area contributed by atoms with Crippen molar-refractivity contribution in [2.75, 3.05) is 7.11 Å². The number of rotatable bonds is 6. The Morgan fingerprint density at radius 3 is 2.62 bits per heavy atom. The SMILES string of the molecule is COc1ccc(C(=O)O)cc1COc1ccccc1C=O. The van der Waals surface area contributed by atoms with Crippen LogP contribution < -0.4 is 9.47 Å². The van der Waals surface area contributed by atoms with Crippen LogP contribution in [-0.4, -0.2) is 24.5 Å². The Labute approximate surface area is 121 Å². The third-order valence-corrected chi connectivity index (χ3v) is 2.96. The number of aldehydes is 1. The first-order valence-corrected chi connectivity index (χ1v) is 6.23. The molecule has 1 N–H and O–H groups in total. The first-order valence-electron chi connectivity index (χ1n) is 6.23. The number of carboxylic acid groups (broad SMARTS) is 1. The minimum absolute atomic E-state index is 0.106. The highest BCUT2D eigenvalue weighted by Gasteiger charge is 2.10. The highest BCUT2D eigenvalue weighted by Crippen LogP contribution is 2.23. The predicted octanol–water partition coefficient (Wildman–Crippen LogP) is 2.78. The summed E-state index contributed by atoms with van der Waals surface area (Å²) in [6, 6.07) is 11.3. The predicted molar refractivity (Wildman–Crippen MR) is 76.1 cm³/mol. The van der Waals surface area contributed by atoms with Crippen molar-refractivity contribution in [3.63, 3.8) is 0 Å². The van der Waals surface area contributed by atoms with Gasteiger partial charge in [-0.25, -0.2) is 4.79 Å². The fourth-order valence-electron chi connectivity index (χ4n) is 1.89. The zero-order valence-corrected chi connectivity index (χ0v) is 11.4. The number of carbonyl (C=O) groups is 2. The molecule has 0 saturated carbocycles. The van der Waals surface area contributed by atoms with Gasteiger partial charge < -0.3 is 14.6 Å². The molecule has 0 aliphatic rings. The molecule has 0 spiro atoms. The molecule has 0 aliphatic carbocycles. The first-order chi connectivity index (χ1) is 10.2. The third kappa shape index (κ3) is 3.39. The van der Waals surface area contributed by atoms with Crippen LogP contribution in [0.5, 0.6) is 11.5 Å². The van der Waals surface area contributed by atoms with Gasteiger partial charge >= 0.3 is 5.97 Å². The van der Waals surface area contributed by atoms with Crippen molar-refractivity contribution in [2.45, 2.75) is 6.61 Å². The molecule has 0 amide bonds. The Balaban J connectivity index is 2.24. The van der Waals surface area contributed by atoms with Crippen molar-refractivity contribution in [3.8, 4) is 11.5 Å². The average molecular weight is 286 g/mol. The van der Waals surface area contributed by atoms with Gasteiger partial charge in [0.15, 0.2) is 6.29 Å². The summed E-state index contributed by atoms with van der Waals surface area (Å²) in [5.41, 5.74) is 1.18. The van der Waals surface area contributed by atoms with Crippen molar-refractivity contribution >= 4 is 12.3 Å². The summed E-state index contributed by atoms with van der Waals surface area (Å²) in [5.74, 6) is -0.0499. The number of benzene rings is 2. The van der Waals surface area contributed by atoms with E-state index >= 15 is 0 Å². The van der Waals surface area contributed by atoms with Crippen LogP contribution in [0, 0.1) is 0 Å². The summed E-state index contributed by atoms with van der Waals surface area (Å²) >= 11 is 0. The zero-order valence-electron chi connectivity index (χ0n) is 11.4. The Bertz CT molecular complexity index is 663. The van der Waals surface area contributed by atoms with Crippen LogP contribution in [0.2, 0.25) is 0 Å². The van der Waals surface area contributed by atoms with Gasteiger partial charge in [-0.15, -0.1) is 0 Å². The Morgan fingerprint density at radius 2 is 1.95 bits per heavy atom. The lowest BCUT2D eigenvalue weighted by molar-refractivity contribution is 0.0696. The number of hydrogen-bond donors (Lipinski definition) is 1. The topological polar surface area (TPSA) is 72.8 Å². The summed E-state index contributed by atoms with van der Waals surface area (Å²) in [6.07, 6.45) is 0.709. The van der Waals surface area contributed by atoms with Crippen molar-refractivity contribution in [1.29, 1.82) is 0 Å². The number of hydrogen-bond acceptors (Lipinski definition) is 4. The maximum atomic E-state index is 11.0. The van der Waals surface area contributed by atoms with Gasteiger partial charge in [-0.2, -0.15) is 0 Å². The van der Waals surface area contributed by atoms with E-state index in [1.807, 2.05) is 0 Å². The average Bonchev–Trinajstić information content (AvgIpc) is 2.52. The van der Waals surface area contributed by atoms with Gasteiger partial charge in [-0.05, 0) is 30.3 Å². The second kappa shape index (κ2) is 6.56. The van der Waals surface area contributed by atoms with Crippen molar-refractivity contribution in [1.82, 2.24) is 0 Å². The molecule has 0 unspecified atom stereocenters. The number of para-hydroxylation sites is 1. The van der Waals surface area contributed by atoms with Crippen LogP contribution >= 0.6 is 0 Å². The lowest BCUT2D eigenvalue weighted by Crippen LogP contribution is -2.04. The molecule has 108 valence electrons. The molecule has 2 aromatic carbocycles. The molecule has 0 aliphatic heterocycles. The molecule has 5 heteroatoms. The maximum Gasteiger partial charge on any atom is 0.335 e. The van der Waals surface area contributed by atoms with E-state index in [-0.39, 0.29) is 12.2 Å². The highest BCUT2D eigenvalue weighted by molar-refractivity contribution is 5.88. The minimum atomic E-state index is -1.02. The molecule has 0 bridgehead atoms. The molecule has 0 aromatic heterocycles. The van der Waals surface area contributed by atoms with E-state index in [4.69, 9.17) is 14.6 Å². The molecule has 0 heterocycles. The van der Waals surface area contributed by atoms with Crippen LogP contribution in [0.15, 0.2) is 42.5 Å². The molecular weight excluding hydrogens is 272 g/mol. The Kier molecular flexibility index (Phi) is 4.56. The number of methoxy groups -OCH3 is 1. The van der Waals surface area contributed by atoms with E-state index in [0.29, 0.717) is 28.9 Å². The highest BCUT2D eigenvalue weighted by atomic mass is 16.5. The molecule has 0 atom stereocenters. The monoisotopic (exact) mass is 286 g/mol. The van der Waals surface area contributed by atoms with Gasteiger partial charge in [0.1, 0.15) is 18.1 Å². The number of carbonyl (C=O) groups excluding carboxylic acids is 1. The normalized spacial score (nSPS) is 9.95. The van der Waals surface area contributed by atoms with Crippen LogP contribution in [0.25, 0.3) is 0 Å². The summed E-state index contributed by atoms with van der Waals surface area (Å²) < 4.78 is 10.8. The van der Waals surface area contributed by atoms with E-state index in [9.17, 15) is 9.59 Å². The number of aromatic carboxylic acids is 1. The zero-order chi connectivity index (χ0) is 15.2. The Morgan fingerprint density at radius 1 is 1.19 bits per heavy atom. The Hall–Kier alpha value is -2.82. The summed E-state index contributed by atoms with van der Waals surface area (Å²) in [6.45, 7) is 0.106. The molecular formula is C16H14O5. The summed E-state index contributed by atoms with van der Waals surface area (Å²) in [7, 11) is 1.50. The van der Waals surface area contributed by atoms with Gasteiger partial charge in [0, 0.05) is 5.56 Å². The molecule has 5 nitrogen and oxygen atoms in total. The fraction of sp³-hybridized carbons (Fsp3) is 0.125. The molecule has 2 rings (SSSR count). The summed E-state index contributed by atoms with van der Waals surface area (Å²) in [5, 5.41) is 9.01. The number of ether oxygens (including phenoxy) is 2. The van der Waals surface area contributed by atoms with E-state index < -0.39 is 5.97 Å². The van der Waals surface area contributed by atoms with Gasteiger partial charge in [-0.3, -0.25) is 4.79 Å². The molecule has 0 radical (unpaired) electrons. The van der Waals surface area contributed by atoms with Crippen LogP contribution in [0.4, 0.5) is 0 Å². The van der Waals surface area contributed by atoms with Gasteiger partial charge in [0.05, 0.1) is 18.2 Å². The second-order valence-corrected chi connectivity index (χ2v) is 4.28. The van der Waals surface area contributed by atoms with E-state index in [2.05, 4.69) is 0 Å². The van der Waals surface area contributed by atoms with Crippen molar-refractivity contribution < 1.29 is 24.2 Å². The van der Waals surface area contributed by atoms with Crippen LogP contribution in [-0.2, 0) is 6.61 Å². The molecule has 2 aromatic rings. The van der Waals surface area contributed by atoms with Gasteiger partial charge in [-0.1, -0.05) is 12.1 Å². The first kappa shape index (κ1) is 14.6. The third-order valence-electron chi connectivity index (χ3n) is 2.96. The largest absolute Gasteiger partial charge is 0.496 e. The standard InChI is InChI=1S/C16H14O5/c1-20-14-7-6-11(16(18)19)8-13(14)10-21-15-5-3-2-4-12(15)9-17/h2-9H,10H2,1H3,(H,18,19). The summed E-state index contributed by atoms with van der Waals surface area (Å²) in [4.78, 5) is 21.9. The lowest BCUT2D eigenvalue weighted by atomic mass is 10.1. The molecule has 0 saturated heterocycles. The smallest absolute Gasteiger partial charge is 0.335 e. The van der Waals surface area contributed by atoms with Crippen LogP contribution in [0.3, 0.4) is 0 Å². The fourth-order valence-corrected chi connectivity index (χ4v) is 1.89. The number of carboxylic acids is 1. The second-order valence-electron chi connectivity index (χ2n) is 4.28.